The summed E-state index contributed by atoms with van der Waals surface area (Å²) in [7, 11) is 0. The van der Waals surface area contributed by atoms with Crippen LogP contribution in [0.4, 0.5) is 0 Å². The van der Waals surface area contributed by atoms with Crippen LogP contribution < -0.4 is 0 Å². The zero-order chi connectivity index (χ0) is 19.1. The van der Waals surface area contributed by atoms with E-state index in [0.717, 1.165) is 42.8 Å². The van der Waals surface area contributed by atoms with Crippen LogP contribution >= 0.6 is 0 Å². The van der Waals surface area contributed by atoms with Crippen molar-refractivity contribution >= 4 is 17.1 Å². The van der Waals surface area contributed by atoms with Gasteiger partial charge in [0.25, 0.3) is 0 Å². The number of imidazole rings is 1. The third kappa shape index (κ3) is 3.08. The minimum Gasteiger partial charge on any atom is -0.341 e. The van der Waals surface area contributed by atoms with Crippen molar-refractivity contribution in [3.05, 3.63) is 42.1 Å². The van der Waals surface area contributed by atoms with Crippen LogP contribution in [0.25, 0.3) is 11.2 Å². The van der Waals surface area contributed by atoms with E-state index >= 15 is 0 Å². The van der Waals surface area contributed by atoms with Crippen LogP contribution in [-0.2, 0) is 11.3 Å². The van der Waals surface area contributed by atoms with Crippen LogP contribution in [0.15, 0.2) is 30.6 Å². The first kappa shape index (κ1) is 17.4. The Morgan fingerprint density at radius 2 is 2.00 bits per heavy atom. The molecule has 0 aromatic carbocycles. The highest BCUT2D eigenvalue weighted by atomic mass is 16.2. The number of carbonyl (C=O) groups is 1. The number of aryl methyl sites for hydroxylation is 1. The SMILES string of the molecule is Cc1ccn(CC(=O)N2CCC(n3c(C4CCC4)nc4cccnc43)CC2)n1. The minimum absolute atomic E-state index is 0.148. The van der Waals surface area contributed by atoms with Gasteiger partial charge in [0, 0.05) is 37.4 Å². The second kappa shape index (κ2) is 7.04. The molecule has 1 saturated heterocycles. The number of nitrogens with zero attached hydrogens (tertiary/aromatic N) is 6. The standard InChI is InChI=1S/C21H26N6O/c1-15-7-13-26(24-15)14-19(28)25-11-8-17(9-12-25)27-20(16-4-2-5-16)23-18-6-3-10-22-21(18)27/h3,6-7,10,13,16-17H,2,4-5,8-9,11-12,14H2,1H3. The molecule has 28 heavy (non-hydrogen) atoms. The molecule has 3 aromatic heterocycles. The third-order valence-electron chi connectivity index (χ3n) is 6.20. The van der Waals surface area contributed by atoms with Gasteiger partial charge in [0.1, 0.15) is 17.9 Å². The zero-order valence-corrected chi connectivity index (χ0v) is 16.3. The van der Waals surface area contributed by atoms with E-state index < -0.39 is 0 Å². The maximum absolute atomic E-state index is 12.6. The molecule has 0 radical (unpaired) electrons. The van der Waals surface area contributed by atoms with Gasteiger partial charge in [-0.05, 0) is 50.8 Å². The highest BCUT2D eigenvalue weighted by Gasteiger charge is 2.31. The van der Waals surface area contributed by atoms with Gasteiger partial charge in [-0.3, -0.25) is 9.48 Å². The van der Waals surface area contributed by atoms with E-state index in [9.17, 15) is 4.79 Å². The summed E-state index contributed by atoms with van der Waals surface area (Å²) >= 11 is 0. The molecule has 4 heterocycles. The summed E-state index contributed by atoms with van der Waals surface area (Å²) in [5.41, 5.74) is 2.94. The number of hydrogen-bond donors (Lipinski definition) is 0. The zero-order valence-electron chi connectivity index (χ0n) is 16.3. The molecule has 1 amide bonds. The normalized spacial score (nSPS) is 18.5. The van der Waals surface area contributed by atoms with Crippen LogP contribution in [-0.4, -0.2) is 48.2 Å². The van der Waals surface area contributed by atoms with Gasteiger partial charge in [0.15, 0.2) is 5.65 Å². The first-order chi connectivity index (χ1) is 13.7. The molecule has 0 spiro atoms. The molecule has 7 nitrogen and oxygen atoms in total. The van der Waals surface area contributed by atoms with Gasteiger partial charge in [0.05, 0.1) is 5.69 Å². The molecule has 1 aliphatic heterocycles. The Kier molecular flexibility index (Phi) is 4.37. The van der Waals surface area contributed by atoms with E-state index in [1.165, 1.54) is 25.1 Å². The molecule has 5 rings (SSSR count). The maximum Gasteiger partial charge on any atom is 0.244 e. The summed E-state index contributed by atoms with van der Waals surface area (Å²) < 4.78 is 4.11. The van der Waals surface area contributed by atoms with Gasteiger partial charge in [0.2, 0.25) is 5.91 Å². The highest BCUT2D eigenvalue weighted by molar-refractivity contribution is 5.76. The Morgan fingerprint density at radius 3 is 2.68 bits per heavy atom. The molecule has 0 N–H and O–H groups in total. The quantitative estimate of drug-likeness (QED) is 0.700. The second-order valence-electron chi connectivity index (χ2n) is 8.08. The largest absolute Gasteiger partial charge is 0.341 e. The number of fused-ring (bicyclic) bond motifs is 1. The first-order valence-corrected chi connectivity index (χ1v) is 10.3. The van der Waals surface area contributed by atoms with Crippen molar-refractivity contribution in [2.75, 3.05) is 13.1 Å². The fraction of sp³-hybridized carbons (Fsp3) is 0.524. The number of amides is 1. The lowest BCUT2D eigenvalue weighted by atomic mass is 9.84. The summed E-state index contributed by atoms with van der Waals surface area (Å²) in [6.07, 6.45) is 9.37. The summed E-state index contributed by atoms with van der Waals surface area (Å²) in [6, 6.07) is 6.32. The Morgan fingerprint density at radius 1 is 1.18 bits per heavy atom. The molecular formula is C21H26N6O. The van der Waals surface area contributed by atoms with Crippen molar-refractivity contribution in [3.63, 3.8) is 0 Å². The first-order valence-electron chi connectivity index (χ1n) is 10.3. The lowest BCUT2D eigenvalue weighted by Crippen LogP contribution is -2.41. The molecule has 1 aliphatic carbocycles. The number of carbonyl (C=O) groups excluding carboxylic acids is 1. The predicted molar refractivity (Wildman–Crippen MR) is 106 cm³/mol. The molecule has 0 bridgehead atoms. The Hall–Kier alpha value is -2.70. The van der Waals surface area contributed by atoms with Gasteiger partial charge >= 0.3 is 0 Å². The van der Waals surface area contributed by atoms with E-state index in [-0.39, 0.29) is 5.91 Å². The van der Waals surface area contributed by atoms with E-state index in [1.54, 1.807) is 4.68 Å². The molecule has 0 unspecified atom stereocenters. The fourth-order valence-electron chi connectivity index (χ4n) is 4.42. The molecule has 1 saturated carbocycles. The highest BCUT2D eigenvalue weighted by Crippen LogP contribution is 2.39. The Bertz CT molecular complexity index is 993. The lowest BCUT2D eigenvalue weighted by molar-refractivity contribution is -0.133. The molecule has 7 heteroatoms. The molecule has 2 aliphatic rings. The van der Waals surface area contributed by atoms with Gasteiger partial charge in [-0.15, -0.1) is 0 Å². The van der Waals surface area contributed by atoms with E-state index in [0.29, 0.717) is 18.5 Å². The summed E-state index contributed by atoms with van der Waals surface area (Å²) in [5, 5.41) is 4.33. The maximum atomic E-state index is 12.6. The van der Waals surface area contributed by atoms with E-state index in [1.807, 2.05) is 36.4 Å². The summed E-state index contributed by atoms with van der Waals surface area (Å²) in [6.45, 7) is 3.82. The number of hydrogen-bond acceptors (Lipinski definition) is 4. The van der Waals surface area contributed by atoms with Crippen LogP contribution in [0.2, 0.25) is 0 Å². The lowest BCUT2D eigenvalue weighted by Gasteiger charge is -2.35. The second-order valence-corrected chi connectivity index (χ2v) is 8.08. The van der Waals surface area contributed by atoms with Gasteiger partial charge in [-0.25, -0.2) is 9.97 Å². The fourth-order valence-corrected chi connectivity index (χ4v) is 4.42. The van der Waals surface area contributed by atoms with Crippen molar-refractivity contribution in [2.45, 2.75) is 57.5 Å². The topological polar surface area (TPSA) is 68.8 Å². The van der Waals surface area contributed by atoms with Crippen molar-refractivity contribution in [2.24, 2.45) is 0 Å². The van der Waals surface area contributed by atoms with Crippen molar-refractivity contribution in [1.82, 2.24) is 29.2 Å². The third-order valence-corrected chi connectivity index (χ3v) is 6.20. The molecule has 146 valence electrons. The van der Waals surface area contributed by atoms with Gasteiger partial charge < -0.3 is 9.47 Å². The van der Waals surface area contributed by atoms with Crippen LogP contribution in [0, 0.1) is 6.92 Å². The van der Waals surface area contributed by atoms with Crippen LogP contribution in [0.3, 0.4) is 0 Å². The van der Waals surface area contributed by atoms with Crippen LogP contribution in [0.5, 0.6) is 0 Å². The number of rotatable bonds is 4. The molecular weight excluding hydrogens is 352 g/mol. The van der Waals surface area contributed by atoms with Gasteiger partial charge in [-0.2, -0.15) is 5.10 Å². The predicted octanol–water partition coefficient (Wildman–Crippen LogP) is 3.07. The smallest absolute Gasteiger partial charge is 0.244 e. The number of likely N-dealkylation sites (tertiary alicyclic amines) is 1. The number of aromatic nitrogens is 5. The molecule has 2 fully saturated rings. The number of pyridine rings is 1. The van der Waals surface area contributed by atoms with Gasteiger partial charge in [-0.1, -0.05) is 6.42 Å². The minimum atomic E-state index is 0.148. The average molecular weight is 378 g/mol. The van der Waals surface area contributed by atoms with E-state index in [4.69, 9.17) is 4.98 Å². The van der Waals surface area contributed by atoms with Crippen molar-refractivity contribution in [3.8, 4) is 0 Å². The average Bonchev–Trinajstić information content (AvgIpc) is 3.23. The Labute approximate surface area is 164 Å². The van der Waals surface area contributed by atoms with Crippen LogP contribution in [0.1, 0.15) is 55.6 Å². The molecule has 3 aromatic rings. The molecule has 0 atom stereocenters. The summed E-state index contributed by atoms with van der Waals surface area (Å²) in [4.78, 5) is 24.2. The van der Waals surface area contributed by atoms with Crippen molar-refractivity contribution < 1.29 is 4.79 Å². The van der Waals surface area contributed by atoms with E-state index in [2.05, 4.69) is 20.7 Å². The monoisotopic (exact) mass is 378 g/mol. The Balaban J connectivity index is 1.32. The van der Waals surface area contributed by atoms with Crippen molar-refractivity contribution in [1.29, 1.82) is 0 Å². The summed E-state index contributed by atoms with van der Waals surface area (Å²) in [5.74, 6) is 1.92. The number of piperidine rings is 1.